The molecule has 0 saturated carbocycles. The number of amides is 2. The molecule has 1 atom stereocenters. The van der Waals surface area contributed by atoms with E-state index in [1.165, 1.54) is 0 Å². The van der Waals surface area contributed by atoms with Gasteiger partial charge in [0.25, 0.3) is 0 Å². The number of nitrogens with zero attached hydrogens (tertiary/aromatic N) is 2. The van der Waals surface area contributed by atoms with Crippen molar-refractivity contribution in [2.24, 2.45) is 0 Å². The molecular weight excluding hydrogens is 286 g/mol. The van der Waals surface area contributed by atoms with Crippen LogP contribution in [0.3, 0.4) is 0 Å². The number of aliphatic hydroxyl groups is 1. The number of benzene rings is 1. The van der Waals surface area contributed by atoms with E-state index in [2.05, 4.69) is 10.5 Å². The summed E-state index contributed by atoms with van der Waals surface area (Å²) in [5.41, 5.74) is 2.15. The van der Waals surface area contributed by atoms with Gasteiger partial charge >= 0.3 is 0 Å². The second kappa shape index (κ2) is 4.81. The predicted octanol–water partition coefficient (Wildman–Crippen LogP) is 0.529. The minimum Gasteiger partial charge on any atom is -0.389 e. The summed E-state index contributed by atoms with van der Waals surface area (Å²) in [6, 6.07) is 5.68. The third-order valence-corrected chi connectivity index (χ3v) is 4.28. The Hall–Kier alpha value is -2.41. The molecule has 0 radical (unpaired) electrons. The standard InChI is InChI=1S/C15H15N3O4/c19-9-6-18(7-9)8-1-2-10-12(5-8)22-17-14(10)11-3-4-13(20)16-15(11)21/h1-2,5,9,11,19H,3-4,6-7H2,(H,16,20,21). The molecule has 0 aliphatic carbocycles. The third kappa shape index (κ3) is 2.05. The third-order valence-electron chi connectivity index (χ3n) is 4.28. The van der Waals surface area contributed by atoms with Crippen molar-refractivity contribution >= 4 is 28.5 Å². The Kier molecular flexibility index (Phi) is 2.90. The van der Waals surface area contributed by atoms with E-state index in [0.29, 0.717) is 37.2 Å². The minimum atomic E-state index is -0.448. The largest absolute Gasteiger partial charge is 0.389 e. The van der Waals surface area contributed by atoms with Gasteiger partial charge in [0, 0.05) is 36.7 Å². The summed E-state index contributed by atoms with van der Waals surface area (Å²) in [5, 5.41) is 16.5. The molecule has 2 aromatic rings. The number of imide groups is 1. The second-order valence-corrected chi connectivity index (χ2v) is 5.81. The van der Waals surface area contributed by atoms with E-state index >= 15 is 0 Å². The number of aliphatic hydroxyl groups excluding tert-OH is 1. The number of nitrogens with one attached hydrogen (secondary N) is 1. The van der Waals surface area contributed by atoms with Gasteiger partial charge in [-0.05, 0) is 18.6 Å². The molecule has 1 unspecified atom stereocenters. The van der Waals surface area contributed by atoms with Gasteiger partial charge in [-0.2, -0.15) is 0 Å². The highest BCUT2D eigenvalue weighted by molar-refractivity contribution is 6.02. The van der Waals surface area contributed by atoms with Gasteiger partial charge in [0.1, 0.15) is 5.69 Å². The number of β-amino-alcohol motifs (C(OH)–C–C–N with tert-alkyl or cyclic N) is 1. The molecular formula is C15H15N3O4. The Bertz CT molecular complexity index is 763. The Labute approximate surface area is 125 Å². The first kappa shape index (κ1) is 13.3. The van der Waals surface area contributed by atoms with Gasteiger partial charge in [-0.25, -0.2) is 0 Å². The van der Waals surface area contributed by atoms with E-state index in [-0.39, 0.29) is 17.9 Å². The van der Waals surface area contributed by atoms with Crippen LogP contribution in [-0.2, 0) is 9.59 Å². The first-order valence-electron chi connectivity index (χ1n) is 7.28. The molecule has 1 aromatic heterocycles. The van der Waals surface area contributed by atoms with Crippen molar-refractivity contribution in [3.05, 3.63) is 23.9 Å². The maximum atomic E-state index is 12.0. The highest BCUT2D eigenvalue weighted by atomic mass is 16.5. The Morgan fingerprint density at radius 3 is 2.86 bits per heavy atom. The molecule has 22 heavy (non-hydrogen) atoms. The van der Waals surface area contributed by atoms with Gasteiger partial charge in [-0.15, -0.1) is 0 Å². The summed E-state index contributed by atoms with van der Waals surface area (Å²) < 4.78 is 5.36. The summed E-state index contributed by atoms with van der Waals surface area (Å²) in [4.78, 5) is 25.2. The van der Waals surface area contributed by atoms with E-state index in [1.807, 2.05) is 23.1 Å². The average molecular weight is 301 g/mol. The van der Waals surface area contributed by atoms with Gasteiger partial charge in [-0.1, -0.05) is 5.16 Å². The first-order chi connectivity index (χ1) is 10.6. The molecule has 114 valence electrons. The highest BCUT2D eigenvalue weighted by Gasteiger charge is 2.32. The molecule has 2 aliphatic rings. The van der Waals surface area contributed by atoms with Crippen molar-refractivity contribution in [2.45, 2.75) is 24.9 Å². The van der Waals surface area contributed by atoms with Crippen LogP contribution < -0.4 is 10.2 Å². The smallest absolute Gasteiger partial charge is 0.235 e. The van der Waals surface area contributed by atoms with Gasteiger partial charge < -0.3 is 14.5 Å². The molecule has 2 amide bonds. The lowest BCUT2D eigenvalue weighted by Crippen LogP contribution is -2.50. The number of anilines is 1. The minimum absolute atomic E-state index is 0.243. The lowest BCUT2D eigenvalue weighted by molar-refractivity contribution is -0.134. The number of fused-ring (bicyclic) bond motifs is 1. The molecule has 7 heteroatoms. The summed E-state index contributed by atoms with van der Waals surface area (Å²) in [6.07, 6.45) is 0.491. The zero-order valence-electron chi connectivity index (χ0n) is 11.8. The Morgan fingerprint density at radius 1 is 1.32 bits per heavy atom. The van der Waals surface area contributed by atoms with Crippen molar-refractivity contribution in [3.8, 4) is 0 Å². The van der Waals surface area contributed by atoms with E-state index in [9.17, 15) is 14.7 Å². The van der Waals surface area contributed by atoms with Crippen LogP contribution in [-0.4, -0.2) is 41.3 Å². The molecule has 2 N–H and O–H groups in total. The van der Waals surface area contributed by atoms with E-state index in [1.54, 1.807) is 0 Å². The first-order valence-corrected chi connectivity index (χ1v) is 7.28. The molecule has 4 rings (SSSR count). The molecule has 0 spiro atoms. The summed E-state index contributed by atoms with van der Waals surface area (Å²) >= 11 is 0. The molecule has 0 bridgehead atoms. The van der Waals surface area contributed by atoms with Crippen LogP contribution in [0.5, 0.6) is 0 Å². The summed E-state index contributed by atoms with van der Waals surface area (Å²) in [7, 11) is 0. The Balaban J connectivity index is 1.65. The summed E-state index contributed by atoms with van der Waals surface area (Å²) in [5.74, 6) is -1.01. The normalized spacial score (nSPS) is 22.8. The van der Waals surface area contributed by atoms with Gasteiger partial charge in [0.15, 0.2) is 5.58 Å². The number of rotatable bonds is 2. The van der Waals surface area contributed by atoms with Crippen molar-refractivity contribution in [1.82, 2.24) is 10.5 Å². The highest BCUT2D eigenvalue weighted by Crippen LogP contribution is 2.33. The number of aromatic nitrogens is 1. The Morgan fingerprint density at radius 2 is 2.14 bits per heavy atom. The molecule has 7 nitrogen and oxygen atoms in total. The number of hydrogen-bond donors (Lipinski definition) is 2. The van der Waals surface area contributed by atoms with E-state index in [4.69, 9.17) is 4.52 Å². The van der Waals surface area contributed by atoms with Crippen LogP contribution in [0.2, 0.25) is 0 Å². The van der Waals surface area contributed by atoms with Crippen LogP contribution in [0.1, 0.15) is 24.5 Å². The van der Waals surface area contributed by atoms with Crippen LogP contribution in [0.4, 0.5) is 5.69 Å². The topological polar surface area (TPSA) is 95.7 Å². The molecule has 2 fully saturated rings. The van der Waals surface area contributed by atoms with E-state index in [0.717, 1.165) is 11.1 Å². The quantitative estimate of drug-likeness (QED) is 0.786. The predicted molar refractivity (Wildman–Crippen MR) is 77.4 cm³/mol. The average Bonchev–Trinajstić information content (AvgIpc) is 2.87. The zero-order chi connectivity index (χ0) is 15.3. The summed E-state index contributed by atoms with van der Waals surface area (Å²) in [6.45, 7) is 1.22. The number of carbonyl (C=O) groups is 2. The van der Waals surface area contributed by atoms with Crippen LogP contribution in [0.15, 0.2) is 22.7 Å². The van der Waals surface area contributed by atoms with Crippen molar-refractivity contribution in [1.29, 1.82) is 0 Å². The number of hydrogen-bond acceptors (Lipinski definition) is 6. The van der Waals surface area contributed by atoms with Gasteiger partial charge in [-0.3, -0.25) is 14.9 Å². The maximum Gasteiger partial charge on any atom is 0.235 e. The second-order valence-electron chi connectivity index (χ2n) is 5.81. The lowest BCUT2D eigenvalue weighted by atomic mass is 9.93. The lowest BCUT2D eigenvalue weighted by Gasteiger charge is -2.37. The van der Waals surface area contributed by atoms with E-state index < -0.39 is 5.92 Å². The van der Waals surface area contributed by atoms with Gasteiger partial charge in [0.05, 0.1) is 12.0 Å². The number of carbonyl (C=O) groups excluding carboxylic acids is 2. The SMILES string of the molecule is O=C1CCC(c2noc3cc(N4CC(O)C4)ccc23)C(=O)N1. The van der Waals surface area contributed by atoms with Crippen molar-refractivity contribution < 1.29 is 19.2 Å². The number of piperidine rings is 1. The monoisotopic (exact) mass is 301 g/mol. The fourth-order valence-corrected chi connectivity index (χ4v) is 3.01. The van der Waals surface area contributed by atoms with Crippen LogP contribution in [0, 0.1) is 0 Å². The zero-order valence-corrected chi connectivity index (χ0v) is 11.8. The van der Waals surface area contributed by atoms with Crippen molar-refractivity contribution in [3.63, 3.8) is 0 Å². The molecule has 2 aliphatic heterocycles. The molecule has 2 saturated heterocycles. The fourth-order valence-electron chi connectivity index (χ4n) is 3.01. The van der Waals surface area contributed by atoms with Gasteiger partial charge in [0.2, 0.25) is 11.8 Å². The maximum absolute atomic E-state index is 12.0. The molecule has 3 heterocycles. The molecule has 1 aromatic carbocycles. The van der Waals surface area contributed by atoms with Crippen molar-refractivity contribution in [2.75, 3.05) is 18.0 Å². The van der Waals surface area contributed by atoms with Crippen LogP contribution in [0.25, 0.3) is 11.0 Å². The fraction of sp³-hybridized carbons (Fsp3) is 0.400. The van der Waals surface area contributed by atoms with Crippen LogP contribution >= 0.6 is 0 Å².